The van der Waals surface area contributed by atoms with Gasteiger partial charge in [0.25, 0.3) is 0 Å². The van der Waals surface area contributed by atoms with Gasteiger partial charge in [-0.25, -0.2) is 4.68 Å². The van der Waals surface area contributed by atoms with Crippen LogP contribution in [-0.4, -0.2) is 31.3 Å². The van der Waals surface area contributed by atoms with Gasteiger partial charge in [0.1, 0.15) is 5.84 Å². The van der Waals surface area contributed by atoms with E-state index in [9.17, 15) is 0 Å². The molecular weight excluding hydrogens is 188 g/mol. The molecule has 0 aliphatic rings. The highest BCUT2D eigenvalue weighted by Crippen LogP contribution is 2.21. The first-order valence-corrected chi connectivity index (χ1v) is 4.76. The third kappa shape index (κ3) is 2.41. The number of rotatable bonds is 4. The SMILES string of the molecule is CCC(Sc1nnnn1C)C(=N)N. The quantitative estimate of drug-likeness (QED) is 0.406. The van der Waals surface area contributed by atoms with Crippen molar-refractivity contribution in [3.63, 3.8) is 0 Å². The van der Waals surface area contributed by atoms with Gasteiger partial charge in [0, 0.05) is 7.05 Å². The van der Waals surface area contributed by atoms with Crippen LogP contribution >= 0.6 is 11.8 Å². The number of hydrogen-bond donors (Lipinski definition) is 2. The number of aromatic nitrogens is 4. The van der Waals surface area contributed by atoms with Crippen LogP contribution in [0.2, 0.25) is 0 Å². The molecule has 0 spiro atoms. The van der Waals surface area contributed by atoms with Crippen molar-refractivity contribution in [1.29, 1.82) is 5.41 Å². The van der Waals surface area contributed by atoms with Gasteiger partial charge in [0.2, 0.25) is 5.16 Å². The number of nitrogens with two attached hydrogens (primary N) is 1. The Morgan fingerprint density at radius 1 is 1.77 bits per heavy atom. The van der Waals surface area contributed by atoms with Crippen LogP contribution in [0.25, 0.3) is 0 Å². The number of nitrogens with one attached hydrogen (secondary N) is 1. The van der Waals surface area contributed by atoms with Crippen LogP contribution in [0, 0.1) is 5.41 Å². The van der Waals surface area contributed by atoms with Crippen molar-refractivity contribution >= 4 is 17.6 Å². The number of tetrazole rings is 1. The topological polar surface area (TPSA) is 93.5 Å². The molecule has 0 radical (unpaired) electrons. The summed E-state index contributed by atoms with van der Waals surface area (Å²) in [4.78, 5) is 0. The second-order valence-electron chi connectivity index (χ2n) is 2.56. The maximum atomic E-state index is 7.30. The van der Waals surface area contributed by atoms with Gasteiger partial charge in [-0.1, -0.05) is 18.7 Å². The van der Waals surface area contributed by atoms with E-state index in [4.69, 9.17) is 11.1 Å². The van der Waals surface area contributed by atoms with Crippen LogP contribution in [0.1, 0.15) is 13.3 Å². The van der Waals surface area contributed by atoms with E-state index < -0.39 is 0 Å². The molecule has 1 atom stereocenters. The van der Waals surface area contributed by atoms with E-state index in [1.807, 2.05) is 6.92 Å². The monoisotopic (exact) mass is 200 g/mol. The van der Waals surface area contributed by atoms with Crippen LogP contribution in [0.4, 0.5) is 0 Å². The minimum absolute atomic E-state index is 0.0373. The summed E-state index contributed by atoms with van der Waals surface area (Å²) >= 11 is 1.41. The molecule has 1 heterocycles. The lowest BCUT2D eigenvalue weighted by molar-refractivity contribution is 0.664. The zero-order valence-electron chi connectivity index (χ0n) is 7.56. The normalized spacial score (nSPS) is 12.8. The summed E-state index contributed by atoms with van der Waals surface area (Å²) in [6.07, 6.45) is 0.798. The van der Waals surface area contributed by atoms with Crippen LogP contribution in [-0.2, 0) is 7.05 Å². The van der Waals surface area contributed by atoms with Gasteiger partial charge in [0.05, 0.1) is 5.25 Å². The molecule has 0 bridgehead atoms. The third-order valence-corrected chi connectivity index (χ3v) is 2.98. The first-order chi connectivity index (χ1) is 6.15. The molecule has 0 saturated carbocycles. The number of aryl methyl sites for hydroxylation is 1. The highest BCUT2D eigenvalue weighted by molar-refractivity contribution is 8.00. The van der Waals surface area contributed by atoms with E-state index in [1.165, 1.54) is 11.8 Å². The average Bonchev–Trinajstić information content (AvgIpc) is 2.46. The van der Waals surface area contributed by atoms with Gasteiger partial charge in [0.15, 0.2) is 0 Å². The highest BCUT2D eigenvalue weighted by atomic mass is 32.2. The second kappa shape index (κ2) is 4.22. The fraction of sp³-hybridized carbons (Fsp3) is 0.667. The molecule has 3 N–H and O–H groups in total. The van der Waals surface area contributed by atoms with Gasteiger partial charge in [-0.2, -0.15) is 0 Å². The van der Waals surface area contributed by atoms with E-state index in [0.717, 1.165) is 6.42 Å². The molecule has 0 amide bonds. The van der Waals surface area contributed by atoms with Gasteiger partial charge in [-0.3, -0.25) is 5.41 Å². The average molecular weight is 200 g/mol. The Morgan fingerprint density at radius 2 is 2.46 bits per heavy atom. The van der Waals surface area contributed by atoms with Crippen molar-refractivity contribution in [2.24, 2.45) is 12.8 Å². The Morgan fingerprint density at radius 3 is 2.85 bits per heavy atom. The molecule has 1 rings (SSSR count). The molecule has 0 aromatic carbocycles. The zero-order valence-corrected chi connectivity index (χ0v) is 8.38. The van der Waals surface area contributed by atoms with Crippen molar-refractivity contribution in [3.05, 3.63) is 0 Å². The van der Waals surface area contributed by atoms with Crippen molar-refractivity contribution < 1.29 is 0 Å². The predicted octanol–water partition coefficient (Wildman–Crippen LogP) is 0.0168. The second-order valence-corrected chi connectivity index (χ2v) is 3.73. The number of thioether (sulfide) groups is 1. The Bertz CT molecular complexity index is 295. The zero-order chi connectivity index (χ0) is 9.84. The van der Waals surface area contributed by atoms with E-state index >= 15 is 0 Å². The van der Waals surface area contributed by atoms with Crippen molar-refractivity contribution in [2.75, 3.05) is 0 Å². The Balaban J connectivity index is 2.67. The van der Waals surface area contributed by atoms with E-state index in [2.05, 4.69) is 15.5 Å². The summed E-state index contributed by atoms with van der Waals surface area (Å²) in [5.74, 6) is 0.163. The van der Waals surface area contributed by atoms with Crippen molar-refractivity contribution in [2.45, 2.75) is 23.8 Å². The van der Waals surface area contributed by atoms with E-state index in [1.54, 1.807) is 11.7 Å². The fourth-order valence-corrected chi connectivity index (χ4v) is 1.64. The fourth-order valence-electron chi connectivity index (χ4n) is 0.815. The molecule has 1 aromatic rings. The smallest absolute Gasteiger partial charge is 0.209 e. The lowest BCUT2D eigenvalue weighted by Gasteiger charge is -2.10. The molecule has 72 valence electrons. The largest absolute Gasteiger partial charge is 0.387 e. The van der Waals surface area contributed by atoms with E-state index in [-0.39, 0.29) is 11.1 Å². The summed E-state index contributed by atoms with van der Waals surface area (Å²) in [5.41, 5.74) is 5.40. The Labute approximate surface area is 80.4 Å². The first-order valence-electron chi connectivity index (χ1n) is 3.88. The number of amidine groups is 1. The molecule has 13 heavy (non-hydrogen) atoms. The summed E-state index contributed by atoms with van der Waals surface area (Å²) < 4.78 is 1.57. The molecule has 1 aromatic heterocycles. The molecular formula is C6H12N6S. The third-order valence-electron chi connectivity index (χ3n) is 1.55. The summed E-state index contributed by atoms with van der Waals surface area (Å²) in [6, 6.07) is 0. The van der Waals surface area contributed by atoms with Crippen LogP contribution in [0.5, 0.6) is 0 Å². The predicted molar refractivity (Wildman–Crippen MR) is 50.6 cm³/mol. The van der Waals surface area contributed by atoms with Crippen LogP contribution in [0.15, 0.2) is 5.16 Å². The standard InChI is InChI=1S/C6H12N6S/c1-3-4(5(7)8)13-6-9-10-11-12(6)2/h4H,3H2,1-2H3,(H3,7,8). The van der Waals surface area contributed by atoms with E-state index in [0.29, 0.717) is 5.16 Å². The molecule has 7 heteroatoms. The molecule has 0 aliphatic carbocycles. The van der Waals surface area contributed by atoms with Gasteiger partial charge >= 0.3 is 0 Å². The van der Waals surface area contributed by atoms with Gasteiger partial charge in [-0.15, -0.1) is 5.10 Å². The highest BCUT2D eigenvalue weighted by Gasteiger charge is 2.14. The molecule has 0 saturated heterocycles. The Hall–Kier alpha value is -1.11. The molecule has 1 unspecified atom stereocenters. The minimum atomic E-state index is -0.0373. The van der Waals surface area contributed by atoms with Crippen LogP contribution < -0.4 is 5.73 Å². The van der Waals surface area contributed by atoms with Crippen LogP contribution in [0.3, 0.4) is 0 Å². The lowest BCUT2D eigenvalue weighted by Crippen LogP contribution is -2.24. The maximum Gasteiger partial charge on any atom is 0.209 e. The summed E-state index contributed by atoms with van der Waals surface area (Å²) in [5, 5.41) is 18.9. The first kappa shape index (κ1) is 9.97. The van der Waals surface area contributed by atoms with Crippen molar-refractivity contribution in [3.8, 4) is 0 Å². The molecule has 0 fully saturated rings. The molecule has 0 aliphatic heterocycles. The lowest BCUT2D eigenvalue weighted by atomic mass is 10.3. The minimum Gasteiger partial charge on any atom is -0.387 e. The summed E-state index contributed by atoms with van der Waals surface area (Å²) in [6.45, 7) is 1.98. The summed E-state index contributed by atoms with van der Waals surface area (Å²) in [7, 11) is 1.76. The molecule has 6 nitrogen and oxygen atoms in total. The van der Waals surface area contributed by atoms with Gasteiger partial charge in [-0.05, 0) is 16.8 Å². The Kier molecular flexibility index (Phi) is 3.24. The van der Waals surface area contributed by atoms with Crippen molar-refractivity contribution in [1.82, 2.24) is 20.2 Å². The number of hydrogen-bond acceptors (Lipinski definition) is 5. The maximum absolute atomic E-state index is 7.30. The number of nitrogens with zero attached hydrogens (tertiary/aromatic N) is 4. The van der Waals surface area contributed by atoms with Gasteiger partial charge < -0.3 is 5.73 Å².